The number of benzene rings is 1. The van der Waals surface area contributed by atoms with Crippen molar-refractivity contribution in [1.29, 1.82) is 0 Å². The largest absolute Gasteiger partial charge is 0.482 e. The van der Waals surface area contributed by atoms with Crippen molar-refractivity contribution in [3.8, 4) is 5.75 Å². The van der Waals surface area contributed by atoms with Crippen LogP contribution >= 0.6 is 0 Å². The Morgan fingerprint density at radius 2 is 2.12 bits per heavy atom. The zero-order valence-electron chi connectivity index (χ0n) is 9.15. The number of anilines is 1. The number of amides is 1. The van der Waals surface area contributed by atoms with Gasteiger partial charge in [-0.2, -0.15) is 0 Å². The number of carbonyl (C=O) groups is 2. The Balaban J connectivity index is 2.60. The number of esters is 1. The molecule has 0 aliphatic rings. The summed E-state index contributed by atoms with van der Waals surface area (Å²) in [5.74, 6) is -0.119. The topological polar surface area (TPSA) is 64.6 Å². The van der Waals surface area contributed by atoms with Gasteiger partial charge in [0.25, 0.3) is 0 Å². The molecule has 5 heteroatoms. The van der Waals surface area contributed by atoms with E-state index in [2.05, 4.69) is 10.1 Å². The van der Waals surface area contributed by atoms with E-state index in [0.717, 1.165) is 0 Å². The zero-order chi connectivity index (χ0) is 12.0. The highest BCUT2D eigenvalue weighted by atomic mass is 16.6. The molecule has 0 bridgehead atoms. The van der Waals surface area contributed by atoms with Crippen molar-refractivity contribution in [1.82, 2.24) is 0 Å². The molecule has 0 saturated carbocycles. The summed E-state index contributed by atoms with van der Waals surface area (Å²) < 4.78 is 9.59. The summed E-state index contributed by atoms with van der Waals surface area (Å²) in [5.41, 5.74) is 0.620. The molecule has 1 aromatic carbocycles. The lowest BCUT2D eigenvalue weighted by Crippen LogP contribution is -2.12. The number of nitrogens with one attached hydrogen (secondary N) is 1. The average Bonchev–Trinajstić information content (AvgIpc) is 2.25. The third-order valence-electron chi connectivity index (χ3n) is 1.74. The minimum Gasteiger partial charge on any atom is -0.482 e. The van der Waals surface area contributed by atoms with Crippen LogP contribution < -0.4 is 10.1 Å². The van der Waals surface area contributed by atoms with Gasteiger partial charge in [0.05, 0.1) is 7.11 Å². The number of methoxy groups -OCH3 is 1. The standard InChI is InChI=1S/C11H13NO4/c1-8(13)12-9-4-3-5-10(6-9)16-7-11(14)15-2/h3-6H,7H2,1-2H3,(H,12,13). The van der Waals surface area contributed by atoms with Crippen molar-refractivity contribution in [3.05, 3.63) is 24.3 Å². The monoisotopic (exact) mass is 223 g/mol. The molecule has 0 aromatic heterocycles. The summed E-state index contributed by atoms with van der Waals surface area (Å²) in [6.45, 7) is 1.27. The third-order valence-corrected chi connectivity index (χ3v) is 1.74. The molecule has 1 amide bonds. The van der Waals surface area contributed by atoms with Crippen LogP contribution in [-0.2, 0) is 14.3 Å². The molecule has 16 heavy (non-hydrogen) atoms. The fourth-order valence-corrected chi connectivity index (χ4v) is 1.07. The zero-order valence-corrected chi connectivity index (χ0v) is 9.15. The fourth-order valence-electron chi connectivity index (χ4n) is 1.07. The summed E-state index contributed by atoms with van der Waals surface area (Å²) in [5, 5.41) is 2.61. The van der Waals surface area contributed by atoms with Crippen molar-refractivity contribution in [3.63, 3.8) is 0 Å². The number of ether oxygens (including phenoxy) is 2. The molecule has 1 rings (SSSR count). The lowest BCUT2D eigenvalue weighted by molar-refractivity contribution is -0.142. The molecule has 86 valence electrons. The first-order chi connectivity index (χ1) is 7.61. The van der Waals surface area contributed by atoms with Gasteiger partial charge < -0.3 is 14.8 Å². The average molecular weight is 223 g/mol. The fraction of sp³-hybridized carbons (Fsp3) is 0.273. The summed E-state index contributed by atoms with van der Waals surface area (Å²) in [7, 11) is 1.29. The van der Waals surface area contributed by atoms with Gasteiger partial charge in [-0.15, -0.1) is 0 Å². The van der Waals surface area contributed by atoms with Crippen LogP contribution in [0, 0.1) is 0 Å². The summed E-state index contributed by atoms with van der Waals surface area (Å²) in [6.07, 6.45) is 0. The van der Waals surface area contributed by atoms with E-state index in [0.29, 0.717) is 11.4 Å². The van der Waals surface area contributed by atoms with Crippen molar-refractivity contribution in [2.75, 3.05) is 19.0 Å². The first-order valence-electron chi connectivity index (χ1n) is 4.69. The predicted molar refractivity (Wildman–Crippen MR) is 58.3 cm³/mol. The van der Waals surface area contributed by atoms with E-state index in [1.54, 1.807) is 24.3 Å². The van der Waals surface area contributed by atoms with E-state index in [9.17, 15) is 9.59 Å². The molecule has 0 radical (unpaired) electrons. The molecule has 0 unspecified atom stereocenters. The molecule has 1 N–H and O–H groups in total. The second-order valence-corrected chi connectivity index (χ2v) is 3.07. The van der Waals surface area contributed by atoms with E-state index >= 15 is 0 Å². The molecular weight excluding hydrogens is 210 g/mol. The first-order valence-corrected chi connectivity index (χ1v) is 4.69. The smallest absolute Gasteiger partial charge is 0.343 e. The Morgan fingerprint density at radius 1 is 1.38 bits per heavy atom. The Bertz CT molecular complexity index is 389. The van der Waals surface area contributed by atoms with Gasteiger partial charge in [0.2, 0.25) is 5.91 Å². The highest BCUT2D eigenvalue weighted by molar-refractivity contribution is 5.88. The highest BCUT2D eigenvalue weighted by Gasteiger charge is 2.02. The van der Waals surface area contributed by atoms with E-state index < -0.39 is 5.97 Å². The molecule has 0 heterocycles. The van der Waals surface area contributed by atoms with Crippen molar-refractivity contribution >= 4 is 17.6 Å². The van der Waals surface area contributed by atoms with Crippen molar-refractivity contribution in [2.24, 2.45) is 0 Å². The molecule has 5 nitrogen and oxygen atoms in total. The van der Waals surface area contributed by atoms with Gasteiger partial charge in [0, 0.05) is 18.7 Å². The van der Waals surface area contributed by atoms with Gasteiger partial charge in [0.1, 0.15) is 5.75 Å². The maximum atomic E-state index is 10.8. The number of hydrogen-bond acceptors (Lipinski definition) is 4. The number of hydrogen-bond donors (Lipinski definition) is 1. The number of carbonyl (C=O) groups excluding carboxylic acids is 2. The molecule has 0 saturated heterocycles. The predicted octanol–water partition coefficient (Wildman–Crippen LogP) is 1.20. The molecule has 1 aromatic rings. The molecule has 0 atom stereocenters. The van der Waals surface area contributed by atoms with Crippen LogP contribution in [0.25, 0.3) is 0 Å². The van der Waals surface area contributed by atoms with E-state index in [1.807, 2.05) is 0 Å². The highest BCUT2D eigenvalue weighted by Crippen LogP contribution is 2.17. The van der Waals surface area contributed by atoms with E-state index in [1.165, 1.54) is 14.0 Å². The Labute approximate surface area is 93.4 Å². The van der Waals surface area contributed by atoms with Gasteiger partial charge >= 0.3 is 5.97 Å². The summed E-state index contributed by atoms with van der Waals surface area (Å²) in [4.78, 5) is 21.6. The van der Waals surface area contributed by atoms with E-state index in [-0.39, 0.29) is 12.5 Å². The molecule has 0 aliphatic heterocycles. The lowest BCUT2D eigenvalue weighted by Gasteiger charge is -2.07. The molecular formula is C11H13NO4. The van der Waals surface area contributed by atoms with Crippen LogP contribution in [0.4, 0.5) is 5.69 Å². The van der Waals surface area contributed by atoms with Crippen LogP contribution in [0.2, 0.25) is 0 Å². The summed E-state index contributed by atoms with van der Waals surface area (Å²) >= 11 is 0. The van der Waals surface area contributed by atoms with Gasteiger partial charge in [-0.05, 0) is 12.1 Å². The summed E-state index contributed by atoms with van der Waals surface area (Å²) in [6, 6.07) is 6.77. The minimum atomic E-state index is -0.454. The van der Waals surface area contributed by atoms with Crippen LogP contribution in [0.5, 0.6) is 5.75 Å². The SMILES string of the molecule is COC(=O)COc1cccc(NC(C)=O)c1. The Morgan fingerprint density at radius 3 is 2.75 bits per heavy atom. The van der Waals surface area contributed by atoms with Crippen LogP contribution in [0.1, 0.15) is 6.92 Å². The van der Waals surface area contributed by atoms with Gasteiger partial charge in [-0.3, -0.25) is 4.79 Å². The number of rotatable bonds is 4. The van der Waals surface area contributed by atoms with Crippen LogP contribution in [-0.4, -0.2) is 25.6 Å². The van der Waals surface area contributed by atoms with Gasteiger partial charge in [-0.1, -0.05) is 6.07 Å². The van der Waals surface area contributed by atoms with Crippen molar-refractivity contribution in [2.45, 2.75) is 6.92 Å². The maximum Gasteiger partial charge on any atom is 0.343 e. The van der Waals surface area contributed by atoms with Gasteiger partial charge in [-0.25, -0.2) is 4.79 Å². The normalized spacial score (nSPS) is 9.38. The van der Waals surface area contributed by atoms with Crippen molar-refractivity contribution < 1.29 is 19.1 Å². The maximum absolute atomic E-state index is 10.8. The Kier molecular flexibility index (Phi) is 4.32. The van der Waals surface area contributed by atoms with E-state index in [4.69, 9.17) is 4.74 Å². The minimum absolute atomic E-state index is 0.153. The lowest BCUT2D eigenvalue weighted by atomic mass is 10.3. The second kappa shape index (κ2) is 5.75. The molecule has 0 spiro atoms. The third kappa shape index (κ3) is 4.00. The van der Waals surface area contributed by atoms with Crippen LogP contribution in [0.15, 0.2) is 24.3 Å². The molecule has 0 fully saturated rings. The molecule has 0 aliphatic carbocycles. The van der Waals surface area contributed by atoms with Gasteiger partial charge in [0.15, 0.2) is 6.61 Å². The first kappa shape index (κ1) is 12.0. The Hall–Kier alpha value is -2.04. The second-order valence-electron chi connectivity index (χ2n) is 3.07. The van der Waals surface area contributed by atoms with Crippen LogP contribution in [0.3, 0.4) is 0 Å². The quantitative estimate of drug-likeness (QED) is 0.779.